The molecule has 116 valence electrons. The molecule has 2 N–H and O–H groups in total. The summed E-state index contributed by atoms with van der Waals surface area (Å²) in [5.74, 6) is -0.671. The molecule has 1 aliphatic heterocycles. The zero-order valence-electron chi connectivity index (χ0n) is 12.0. The highest BCUT2D eigenvalue weighted by atomic mass is 32.2. The Balaban J connectivity index is 2.19. The Kier molecular flexibility index (Phi) is 4.84. The maximum atomic E-state index is 12.5. The lowest BCUT2D eigenvalue weighted by molar-refractivity contribution is -0.146. The molecule has 0 aromatic heterocycles. The molecule has 1 aromatic carbocycles. The van der Waals surface area contributed by atoms with Gasteiger partial charge in [-0.05, 0) is 31.4 Å². The van der Waals surface area contributed by atoms with Crippen molar-refractivity contribution in [3.8, 4) is 0 Å². The number of rotatable bonds is 5. The maximum Gasteiger partial charge on any atom is 0.324 e. The van der Waals surface area contributed by atoms with Gasteiger partial charge in [-0.3, -0.25) is 4.79 Å². The van der Waals surface area contributed by atoms with Gasteiger partial charge in [-0.1, -0.05) is 18.2 Å². The van der Waals surface area contributed by atoms with Gasteiger partial charge in [0, 0.05) is 12.2 Å². The lowest BCUT2D eigenvalue weighted by Gasteiger charge is -2.22. The fourth-order valence-electron chi connectivity index (χ4n) is 2.49. The smallest absolute Gasteiger partial charge is 0.324 e. The van der Waals surface area contributed by atoms with Crippen LogP contribution in [0.4, 0.5) is 5.69 Å². The van der Waals surface area contributed by atoms with E-state index in [0.29, 0.717) is 30.6 Å². The summed E-state index contributed by atoms with van der Waals surface area (Å²) >= 11 is 0. The first-order chi connectivity index (χ1) is 9.95. The second kappa shape index (κ2) is 6.44. The molecule has 0 aliphatic carbocycles. The minimum Gasteiger partial charge on any atom is -0.465 e. The van der Waals surface area contributed by atoms with Crippen molar-refractivity contribution in [1.29, 1.82) is 0 Å². The number of nitrogens with two attached hydrogens (primary N) is 1. The van der Waals surface area contributed by atoms with E-state index < -0.39 is 22.0 Å². The first-order valence-corrected chi connectivity index (χ1v) is 8.56. The fourth-order valence-corrected chi connectivity index (χ4v) is 4.30. The zero-order valence-corrected chi connectivity index (χ0v) is 12.8. The van der Waals surface area contributed by atoms with Gasteiger partial charge < -0.3 is 10.5 Å². The lowest BCUT2D eigenvalue weighted by Crippen LogP contribution is -2.42. The summed E-state index contributed by atoms with van der Waals surface area (Å²) in [5, 5.41) is 0. The van der Waals surface area contributed by atoms with Crippen molar-refractivity contribution in [3.63, 3.8) is 0 Å². The summed E-state index contributed by atoms with van der Waals surface area (Å²) in [6, 6.07) is 6.14. The van der Waals surface area contributed by atoms with Crippen LogP contribution < -0.4 is 5.73 Å². The van der Waals surface area contributed by atoms with E-state index in [4.69, 9.17) is 10.5 Å². The molecular formula is C14H20N2O4S. The lowest BCUT2D eigenvalue weighted by atomic mass is 10.2. The molecule has 0 spiro atoms. The van der Waals surface area contributed by atoms with Crippen molar-refractivity contribution < 1.29 is 17.9 Å². The molecule has 0 bridgehead atoms. The van der Waals surface area contributed by atoms with E-state index in [9.17, 15) is 13.2 Å². The zero-order chi connectivity index (χ0) is 15.5. The topological polar surface area (TPSA) is 89.7 Å². The predicted octanol–water partition coefficient (Wildman–Crippen LogP) is 1.13. The highest BCUT2D eigenvalue weighted by molar-refractivity contribution is 7.88. The van der Waals surface area contributed by atoms with Gasteiger partial charge >= 0.3 is 5.97 Å². The van der Waals surface area contributed by atoms with Gasteiger partial charge in [-0.25, -0.2) is 8.42 Å². The Morgan fingerprint density at radius 2 is 2.14 bits per heavy atom. The summed E-state index contributed by atoms with van der Waals surface area (Å²) in [5.41, 5.74) is 6.78. The van der Waals surface area contributed by atoms with Crippen LogP contribution in [0.25, 0.3) is 0 Å². The van der Waals surface area contributed by atoms with E-state index in [1.807, 2.05) is 0 Å². The molecule has 6 nitrogen and oxygen atoms in total. The number of esters is 1. The van der Waals surface area contributed by atoms with Crippen molar-refractivity contribution in [1.82, 2.24) is 4.31 Å². The Labute approximate surface area is 124 Å². The molecular weight excluding hydrogens is 292 g/mol. The normalized spacial score (nSPS) is 19.6. The first-order valence-electron chi connectivity index (χ1n) is 6.95. The number of hydrogen-bond acceptors (Lipinski definition) is 5. The molecule has 21 heavy (non-hydrogen) atoms. The molecule has 0 amide bonds. The van der Waals surface area contributed by atoms with Gasteiger partial charge in [0.1, 0.15) is 6.04 Å². The number of ether oxygens (including phenoxy) is 1. The number of nitrogen functional groups attached to an aromatic ring is 1. The van der Waals surface area contributed by atoms with Crippen LogP contribution in [0.3, 0.4) is 0 Å². The molecule has 1 unspecified atom stereocenters. The summed E-state index contributed by atoms with van der Waals surface area (Å²) in [6.45, 7) is 2.30. The standard InChI is InChI=1S/C14H20N2O4S/c1-2-20-14(17)13-8-5-9-16(13)21(18,19)10-11-6-3-4-7-12(11)15/h3-4,6-7,13H,2,5,8-10,15H2,1H3. The van der Waals surface area contributed by atoms with E-state index in [0.717, 1.165) is 0 Å². The Bertz CT molecular complexity index is 615. The third kappa shape index (κ3) is 3.54. The number of carbonyl (C=O) groups excluding carboxylic acids is 1. The van der Waals surface area contributed by atoms with E-state index >= 15 is 0 Å². The van der Waals surface area contributed by atoms with Gasteiger partial charge in [-0.15, -0.1) is 0 Å². The van der Waals surface area contributed by atoms with Gasteiger partial charge in [0.05, 0.1) is 12.4 Å². The predicted molar refractivity (Wildman–Crippen MR) is 79.8 cm³/mol. The largest absolute Gasteiger partial charge is 0.465 e. The number of para-hydroxylation sites is 1. The Morgan fingerprint density at radius 1 is 1.43 bits per heavy atom. The van der Waals surface area contributed by atoms with E-state index in [1.54, 1.807) is 31.2 Å². The SMILES string of the molecule is CCOC(=O)C1CCCN1S(=O)(=O)Cc1ccccc1N. The Hall–Kier alpha value is -1.60. The number of benzene rings is 1. The van der Waals surface area contributed by atoms with Crippen molar-refractivity contribution >= 4 is 21.7 Å². The fraction of sp³-hybridized carbons (Fsp3) is 0.500. The van der Waals surface area contributed by atoms with Crippen LogP contribution in [-0.2, 0) is 25.3 Å². The molecule has 1 fully saturated rings. The van der Waals surface area contributed by atoms with Crippen LogP contribution in [0.1, 0.15) is 25.3 Å². The second-order valence-electron chi connectivity index (χ2n) is 4.98. The molecule has 2 rings (SSSR count). The minimum absolute atomic E-state index is 0.199. The van der Waals surface area contributed by atoms with Crippen LogP contribution in [0.15, 0.2) is 24.3 Å². The van der Waals surface area contributed by atoms with Crippen LogP contribution in [-0.4, -0.2) is 37.9 Å². The van der Waals surface area contributed by atoms with Crippen molar-refractivity contribution in [2.45, 2.75) is 31.6 Å². The molecule has 1 saturated heterocycles. The molecule has 0 saturated carbocycles. The average Bonchev–Trinajstić information content (AvgIpc) is 2.92. The van der Waals surface area contributed by atoms with Crippen molar-refractivity contribution in [2.75, 3.05) is 18.9 Å². The molecule has 1 aliphatic rings. The average molecular weight is 312 g/mol. The third-order valence-electron chi connectivity index (χ3n) is 3.51. The van der Waals surface area contributed by atoms with E-state index in [1.165, 1.54) is 4.31 Å². The molecule has 0 radical (unpaired) electrons. The van der Waals surface area contributed by atoms with Crippen LogP contribution in [0.2, 0.25) is 0 Å². The molecule has 1 aromatic rings. The van der Waals surface area contributed by atoms with Gasteiger partial charge in [0.2, 0.25) is 10.0 Å². The minimum atomic E-state index is -3.60. The summed E-state index contributed by atoms with van der Waals surface area (Å²) in [6.07, 6.45) is 1.16. The summed E-state index contributed by atoms with van der Waals surface area (Å²) in [4.78, 5) is 11.9. The van der Waals surface area contributed by atoms with Crippen LogP contribution in [0.5, 0.6) is 0 Å². The van der Waals surface area contributed by atoms with Crippen LogP contribution >= 0.6 is 0 Å². The highest BCUT2D eigenvalue weighted by Crippen LogP contribution is 2.25. The van der Waals surface area contributed by atoms with E-state index in [2.05, 4.69) is 0 Å². The molecule has 7 heteroatoms. The highest BCUT2D eigenvalue weighted by Gasteiger charge is 2.39. The monoisotopic (exact) mass is 312 g/mol. The quantitative estimate of drug-likeness (QED) is 0.650. The van der Waals surface area contributed by atoms with Crippen molar-refractivity contribution in [2.24, 2.45) is 0 Å². The first kappa shape index (κ1) is 15.8. The number of carbonyl (C=O) groups is 1. The van der Waals surface area contributed by atoms with Crippen LogP contribution in [0, 0.1) is 0 Å². The van der Waals surface area contributed by atoms with E-state index in [-0.39, 0.29) is 12.4 Å². The van der Waals surface area contributed by atoms with Gasteiger partial charge in [-0.2, -0.15) is 4.31 Å². The summed E-state index contributed by atoms with van der Waals surface area (Å²) < 4.78 is 31.3. The number of anilines is 1. The second-order valence-corrected chi connectivity index (χ2v) is 6.90. The number of nitrogens with zero attached hydrogens (tertiary/aromatic N) is 1. The summed E-state index contributed by atoms with van der Waals surface area (Å²) in [7, 11) is -3.60. The Morgan fingerprint density at radius 3 is 2.81 bits per heavy atom. The number of sulfonamides is 1. The number of hydrogen-bond donors (Lipinski definition) is 1. The molecule has 1 atom stereocenters. The third-order valence-corrected chi connectivity index (χ3v) is 5.34. The molecule has 1 heterocycles. The van der Waals surface area contributed by atoms with Gasteiger partial charge in [0.15, 0.2) is 0 Å². The van der Waals surface area contributed by atoms with Gasteiger partial charge in [0.25, 0.3) is 0 Å². The maximum absolute atomic E-state index is 12.5. The van der Waals surface area contributed by atoms with Crippen molar-refractivity contribution in [3.05, 3.63) is 29.8 Å².